The van der Waals surface area contributed by atoms with Crippen LogP contribution in [0.1, 0.15) is 37.7 Å². The molecular weight excluding hydrogens is 336 g/mol. The number of fused-ring (bicyclic) bond motifs is 3. The lowest BCUT2D eigenvalue weighted by atomic mass is 9.67. The van der Waals surface area contributed by atoms with Crippen LogP contribution in [0, 0.1) is 17.8 Å². The third-order valence-electron chi connectivity index (χ3n) is 7.66. The summed E-state index contributed by atoms with van der Waals surface area (Å²) in [5.41, 5.74) is 1.26. The monoisotopic (exact) mass is 362 g/mol. The summed E-state index contributed by atoms with van der Waals surface area (Å²) in [6.45, 7) is -0.0260. The molecule has 27 heavy (non-hydrogen) atoms. The molecule has 2 aromatic carbocycles. The van der Waals surface area contributed by atoms with Gasteiger partial charge in [0.15, 0.2) is 5.75 Å². The van der Waals surface area contributed by atoms with Crippen molar-refractivity contribution in [2.75, 3.05) is 7.05 Å². The van der Waals surface area contributed by atoms with E-state index in [0.29, 0.717) is 12.0 Å². The summed E-state index contributed by atoms with van der Waals surface area (Å²) in [4.78, 5) is 7.47. The first kappa shape index (κ1) is 16.1. The van der Waals surface area contributed by atoms with Gasteiger partial charge in [0.2, 0.25) is 5.72 Å². The molecule has 0 amide bonds. The van der Waals surface area contributed by atoms with Crippen molar-refractivity contribution in [2.45, 2.75) is 50.5 Å². The molecule has 3 heterocycles. The van der Waals surface area contributed by atoms with Crippen molar-refractivity contribution in [3.63, 3.8) is 0 Å². The van der Waals surface area contributed by atoms with Crippen LogP contribution in [-0.2, 0) is 6.61 Å². The van der Waals surface area contributed by atoms with E-state index < -0.39 is 5.72 Å². The molecular formula is C23H26N2O2. The van der Waals surface area contributed by atoms with Crippen LogP contribution in [0.15, 0.2) is 35.3 Å². The highest BCUT2D eigenvalue weighted by Crippen LogP contribution is 2.55. The van der Waals surface area contributed by atoms with Crippen molar-refractivity contribution in [3.8, 4) is 5.75 Å². The quantitative estimate of drug-likeness (QED) is 0.824. The molecule has 1 spiro atoms. The van der Waals surface area contributed by atoms with E-state index in [0.717, 1.165) is 39.6 Å². The zero-order chi connectivity index (χ0) is 18.2. The van der Waals surface area contributed by atoms with Gasteiger partial charge in [-0.2, -0.15) is 0 Å². The minimum atomic E-state index is -0.464. The van der Waals surface area contributed by atoms with E-state index in [9.17, 15) is 5.11 Å². The van der Waals surface area contributed by atoms with Gasteiger partial charge in [-0.05, 0) is 62.4 Å². The van der Waals surface area contributed by atoms with Crippen molar-refractivity contribution in [1.29, 1.82) is 0 Å². The number of hydrogen-bond acceptors (Lipinski definition) is 4. The van der Waals surface area contributed by atoms with E-state index in [1.54, 1.807) is 0 Å². The minimum Gasteiger partial charge on any atom is -0.464 e. The average molecular weight is 362 g/mol. The van der Waals surface area contributed by atoms with Crippen LogP contribution in [0.25, 0.3) is 10.8 Å². The molecule has 0 radical (unpaired) electrons. The fourth-order valence-electron chi connectivity index (χ4n) is 6.47. The third kappa shape index (κ3) is 2.14. The van der Waals surface area contributed by atoms with Gasteiger partial charge in [-0.3, -0.25) is 9.89 Å². The molecule has 3 atom stereocenters. The van der Waals surface area contributed by atoms with Crippen molar-refractivity contribution in [3.05, 3.63) is 35.9 Å². The molecule has 2 saturated heterocycles. The van der Waals surface area contributed by atoms with Crippen LogP contribution < -0.4 is 4.74 Å². The van der Waals surface area contributed by atoms with Gasteiger partial charge in [-0.25, -0.2) is 0 Å². The Balaban J connectivity index is 1.54. The van der Waals surface area contributed by atoms with Crippen molar-refractivity contribution >= 4 is 22.7 Å². The first-order valence-electron chi connectivity index (χ1n) is 10.3. The summed E-state index contributed by atoms with van der Waals surface area (Å²) in [6.07, 6.45) is 8.55. The zero-order valence-corrected chi connectivity index (χ0v) is 15.8. The van der Waals surface area contributed by atoms with Gasteiger partial charge in [0.25, 0.3) is 0 Å². The van der Waals surface area contributed by atoms with Gasteiger partial charge in [-0.1, -0.05) is 24.3 Å². The van der Waals surface area contributed by atoms with Crippen molar-refractivity contribution < 1.29 is 9.84 Å². The van der Waals surface area contributed by atoms with Crippen LogP contribution in [0.2, 0.25) is 0 Å². The van der Waals surface area contributed by atoms with E-state index in [2.05, 4.69) is 36.4 Å². The molecule has 4 bridgehead atoms. The predicted molar refractivity (Wildman–Crippen MR) is 106 cm³/mol. The third-order valence-corrected chi connectivity index (χ3v) is 7.66. The minimum absolute atomic E-state index is 0.0260. The topological polar surface area (TPSA) is 45.1 Å². The van der Waals surface area contributed by atoms with Gasteiger partial charge < -0.3 is 9.84 Å². The van der Waals surface area contributed by atoms with Crippen LogP contribution in [0.4, 0.5) is 5.69 Å². The van der Waals surface area contributed by atoms with Gasteiger partial charge in [0.1, 0.15) is 5.69 Å². The van der Waals surface area contributed by atoms with Gasteiger partial charge in [0.05, 0.1) is 12.8 Å². The second kappa shape index (κ2) is 5.55. The van der Waals surface area contributed by atoms with Crippen molar-refractivity contribution in [1.82, 2.24) is 4.90 Å². The number of rotatable bonds is 1. The van der Waals surface area contributed by atoms with Crippen LogP contribution >= 0.6 is 0 Å². The lowest BCUT2D eigenvalue weighted by Crippen LogP contribution is -2.59. The number of benzene rings is 2. The highest BCUT2D eigenvalue weighted by Gasteiger charge is 2.56. The maximum absolute atomic E-state index is 10.1. The first-order chi connectivity index (χ1) is 13.2. The maximum Gasteiger partial charge on any atom is 0.202 e. The molecule has 140 valence electrons. The molecule has 0 aromatic heterocycles. The molecule has 2 saturated carbocycles. The Kier molecular flexibility index (Phi) is 3.31. The summed E-state index contributed by atoms with van der Waals surface area (Å²) in [5, 5.41) is 12.3. The number of aliphatic hydroxyl groups excluding tert-OH is 1. The van der Waals surface area contributed by atoms with E-state index in [1.807, 2.05) is 12.1 Å². The predicted octanol–water partition coefficient (Wildman–Crippen LogP) is 4.26. The largest absolute Gasteiger partial charge is 0.464 e. The maximum atomic E-state index is 10.1. The fraction of sp³-hybridized carbons (Fsp3) is 0.522. The van der Waals surface area contributed by atoms with E-state index in [4.69, 9.17) is 9.73 Å². The van der Waals surface area contributed by atoms with Crippen LogP contribution in [0.3, 0.4) is 0 Å². The second-order valence-electron chi connectivity index (χ2n) is 9.08. The molecule has 4 fully saturated rings. The number of hydrogen-bond donors (Lipinski definition) is 1. The molecule has 2 aliphatic carbocycles. The van der Waals surface area contributed by atoms with Gasteiger partial charge in [0, 0.05) is 22.9 Å². The molecule has 7 rings (SSSR count). The summed E-state index contributed by atoms with van der Waals surface area (Å²) in [6, 6.07) is 10.9. The Hall–Kier alpha value is -1.91. The van der Waals surface area contributed by atoms with E-state index in [-0.39, 0.29) is 6.61 Å². The number of aliphatic imine (C=N–C) groups is 1. The average Bonchev–Trinajstić information content (AvgIpc) is 2.81. The van der Waals surface area contributed by atoms with Gasteiger partial charge >= 0.3 is 0 Å². The highest BCUT2D eigenvalue weighted by atomic mass is 16.5. The lowest BCUT2D eigenvalue weighted by Gasteiger charge is -2.46. The Morgan fingerprint density at radius 1 is 1.15 bits per heavy atom. The molecule has 5 aliphatic rings. The standard InChI is InChI=1S/C23H26N2O2/c1-25-19-9-14-6-15(10-19)8-18(7-14)23(25)13-24-21-20-5-3-2-4-16(20)11-17(12-26)22(21)27-23/h2-5,11,13-15,18-19,26H,6-10,12H2,1H3. The molecule has 1 N–H and O–H groups in total. The van der Waals surface area contributed by atoms with E-state index in [1.165, 1.54) is 32.1 Å². The molecule has 4 heteroatoms. The fourth-order valence-corrected chi connectivity index (χ4v) is 6.47. The lowest BCUT2D eigenvalue weighted by molar-refractivity contribution is -0.0633. The van der Waals surface area contributed by atoms with Crippen molar-refractivity contribution in [2.24, 2.45) is 22.7 Å². The SMILES string of the molecule is CN1C2CC3CC(C2)CC(C3)C12C=Nc1c(c(CO)cc3ccccc13)O2. The normalized spacial score (nSPS) is 36.8. The van der Waals surface area contributed by atoms with E-state index >= 15 is 0 Å². The number of nitrogens with zero attached hydrogens (tertiary/aromatic N) is 2. The smallest absolute Gasteiger partial charge is 0.202 e. The summed E-state index contributed by atoms with van der Waals surface area (Å²) < 4.78 is 6.88. The molecule has 2 aromatic rings. The van der Waals surface area contributed by atoms with Crippen LogP contribution in [-0.4, -0.2) is 35.0 Å². The first-order valence-corrected chi connectivity index (χ1v) is 10.3. The Labute approximate surface area is 159 Å². The molecule has 3 unspecified atom stereocenters. The number of ether oxygens (including phenoxy) is 1. The molecule has 3 aliphatic heterocycles. The second-order valence-corrected chi connectivity index (χ2v) is 9.08. The summed E-state index contributed by atoms with van der Waals surface area (Å²) in [5.74, 6) is 2.93. The van der Waals surface area contributed by atoms with Crippen LogP contribution in [0.5, 0.6) is 5.75 Å². The van der Waals surface area contributed by atoms with Gasteiger partial charge in [-0.15, -0.1) is 0 Å². The zero-order valence-electron chi connectivity index (χ0n) is 15.8. The summed E-state index contributed by atoms with van der Waals surface area (Å²) in [7, 11) is 2.23. The summed E-state index contributed by atoms with van der Waals surface area (Å²) >= 11 is 0. The Morgan fingerprint density at radius 2 is 1.93 bits per heavy atom. The highest BCUT2D eigenvalue weighted by molar-refractivity contribution is 5.99. The molecule has 4 nitrogen and oxygen atoms in total. The number of aliphatic hydroxyl groups is 1. The Bertz CT molecular complexity index is 941. The Morgan fingerprint density at radius 3 is 2.70 bits per heavy atom.